The quantitative estimate of drug-likeness (QED) is 0.573. The molecule has 0 aromatic carbocycles. The second-order valence-corrected chi connectivity index (χ2v) is 3.28. The third-order valence-corrected chi connectivity index (χ3v) is 2.29. The van der Waals surface area contributed by atoms with Crippen molar-refractivity contribution < 1.29 is 13.2 Å². The van der Waals surface area contributed by atoms with Crippen LogP contribution in [0.2, 0.25) is 0 Å². The van der Waals surface area contributed by atoms with Crippen molar-refractivity contribution in [2.24, 2.45) is 0 Å². The van der Waals surface area contributed by atoms with E-state index in [-0.39, 0.29) is 10.4 Å². The van der Waals surface area contributed by atoms with Crippen LogP contribution in [0.1, 0.15) is 16.0 Å². The van der Waals surface area contributed by atoms with Gasteiger partial charge in [-0.3, -0.25) is 0 Å². The first-order valence-corrected chi connectivity index (χ1v) is 3.79. The monoisotopic (exact) mass is 179 g/mol. The number of alkyl halides is 3. The molecule has 0 saturated heterocycles. The number of rotatable bonds is 0. The van der Waals surface area contributed by atoms with Gasteiger partial charge in [0.2, 0.25) is 0 Å². The van der Waals surface area contributed by atoms with Gasteiger partial charge in [-0.15, -0.1) is 11.3 Å². The van der Waals surface area contributed by atoms with Crippen molar-refractivity contribution in [3.05, 3.63) is 21.4 Å². The van der Waals surface area contributed by atoms with Crippen LogP contribution in [0.3, 0.4) is 0 Å². The summed E-state index contributed by atoms with van der Waals surface area (Å²) in [5, 5.41) is 2.57. The molecule has 0 atom stereocenters. The zero-order valence-corrected chi connectivity index (χ0v) is 6.86. The summed E-state index contributed by atoms with van der Waals surface area (Å²) in [5.74, 6) is 0. The van der Waals surface area contributed by atoms with Gasteiger partial charge in [0.15, 0.2) is 0 Å². The number of hydrogen-bond donors (Lipinski definition) is 0. The zero-order valence-electron chi connectivity index (χ0n) is 6.04. The molecule has 1 aromatic rings. The molecular formula is C7H6F3S. The molecule has 0 aliphatic carbocycles. The van der Waals surface area contributed by atoms with Crippen molar-refractivity contribution in [2.75, 3.05) is 0 Å². The third kappa shape index (κ3) is 1.56. The molecule has 0 saturated carbocycles. The van der Waals surface area contributed by atoms with E-state index in [9.17, 15) is 13.2 Å². The largest absolute Gasteiger partial charge is 0.417 e. The van der Waals surface area contributed by atoms with Crippen LogP contribution in [-0.2, 0) is 6.18 Å². The summed E-state index contributed by atoms with van der Waals surface area (Å²) in [6, 6.07) is 0. The van der Waals surface area contributed by atoms with E-state index in [0.29, 0.717) is 0 Å². The Morgan fingerprint density at radius 1 is 1.27 bits per heavy atom. The Balaban J connectivity index is 3.21. The maximum absolute atomic E-state index is 12.1. The van der Waals surface area contributed by atoms with Gasteiger partial charge < -0.3 is 0 Å². The minimum absolute atomic E-state index is 0.194. The van der Waals surface area contributed by atoms with Crippen LogP contribution in [0.4, 0.5) is 13.2 Å². The number of hydrogen-bond acceptors (Lipinski definition) is 1. The van der Waals surface area contributed by atoms with E-state index in [1.54, 1.807) is 0 Å². The van der Waals surface area contributed by atoms with Crippen molar-refractivity contribution in [3.63, 3.8) is 0 Å². The molecule has 0 spiro atoms. The van der Waals surface area contributed by atoms with Crippen LogP contribution in [0.25, 0.3) is 0 Å². The summed E-state index contributed by atoms with van der Waals surface area (Å²) in [6.45, 7) is 2.88. The highest BCUT2D eigenvalue weighted by atomic mass is 32.1. The van der Waals surface area contributed by atoms with Crippen molar-refractivity contribution in [1.29, 1.82) is 0 Å². The molecule has 0 nitrogen and oxygen atoms in total. The lowest BCUT2D eigenvalue weighted by Crippen LogP contribution is -2.06. The van der Waals surface area contributed by atoms with Crippen molar-refractivity contribution >= 4 is 11.3 Å². The lowest BCUT2D eigenvalue weighted by molar-refractivity contribution is -0.138. The minimum Gasteiger partial charge on any atom is -0.166 e. The fourth-order valence-electron chi connectivity index (χ4n) is 0.931. The molecule has 0 bridgehead atoms. The molecule has 1 rings (SSSR count). The molecule has 0 amide bonds. The molecule has 1 aromatic heterocycles. The molecule has 0 N–H and O–H groups in total. The Labute approximate surface area is 66.7 Å². The van der Waals surface area contributed by atoms with Crippen LogP contribution < -0.4 is 0 Å². The van der Waals surface area contributed by atoms with Gasteiger partial charge in [0, 0.05) is 10.3 Å². The first kappa shape index (κ1) is 8.59. The molecule has 0 unspecified atom stereocenters. The van der Waals surface area contributed by atoms with Crippen molar-refractivity contribution in [3.8, 4) is 0 Å². The summed E-state index contributed by atoms with van der Waals surface area (Å²) < 4.78 is 36.4. The predicted molar refractivity (Wildman–Crippen MR) is 37.6 cm³/mol. The summed E-state index contributed by atoms with van der Waals surface area (Å²) in [7, 11) is 0. The van der Waals surface area contributed by atoms with Gasteiger partial charge in [0.1, 0.15) is 0 Å². The molecule has 0 fully saturated rings. The number of thiophene rings is 1. The Kier molecular flexibility index (Phi) is 1.96. The second-order valence-electron chi connectivity index (χ2n) is 2.26. The highest BCUT2D eigenvalue weighted by molar-refractivity contribution is 7.09. The minimum atomic E-state index is -4.22. The standard InChI is InChI=1S/C7H6F3S/c1-4-3-11-5(2)6(4)7(8,9)10/h1-2H3. The van der Waals surface area contributed by atoms with Gasteiger partial charge in [-0.1, -0.05) is 0 Å². The topological polar surface area (TPSA) is 0 Å². The van der Waals surface area contributed by atoms with Crippen molar-refractivity contribution in [1.82, 2.24) is 0 Å². The van der Waals surface area contributed by atoms with E-state index in [1.165, 1.54) is 13.8 Å². The van der Waals surface area contributed by atoms with E-state index < -0.39 is 11.7 Å². The number of halogens is 3. The molecule has 0 aliphatic heterocycles. The molecule has 1 heterocycles. The number of aryl methyl sites for hydroxylation is 2. The Bertz CT molecular complexity index is 240. The zero-order chi connectivity index (χ0) is 8.65. The normalized spacial score (nSPS) is 12.1. The molecule has 0 aliphatic rings. The molecule has 11 heavy (non-hydrogen) atoms. The van der Waals surface area contributed by atoms with Crippen LogP contribution in [-0.4, -0.2) is 0 Å². The van der Waals surface area contributed by atoms with E-state index in [2.05, 4.69) is 5.38 Å². The van der Waals surface area contributed by atoms with Gasteiger partial charge in [0.05, 0.1) is 5.56 Å². The van der Waals surface area contributed by atoms with E-state index in [0.717, 1.165) is 11.3 Å². The fourth-order valence-corrected chi connectivity index (χ4v) is 1.71. The Morgan fingerprint density at radius 3 is 2.00 bits per heavy atom. The van der Waals surface area contributed by atoms with Crippen molar-refractivity contribution in [2.45, 2.75) is 20.0 Å². The first-order chi connectivity index (χ1) is 4.93. The molecule has 1 radical (unpaired) electrons. The lowest BCUT2D eigenvalue weighted by atomic mass is 10.2. The van der Waals surface area contributed by atoms with Crippen LogP contribution in [0.5, 0.6) is 0 Å². The Morgan fingerprint density at radius 2 is 1.82 bits per heavy atom. The summed E-state index contributed by atoms with van der Waals surface area (Å²) >= 11 is 1.01. The average Bonchev–Trinajstić information content (AvgIpc) is 2.08. The van der Waals surface area contributed by atoms with Gasteiger partial charge in [0.25, 0.3) is 0 Å². The molecule has 61 valence electrons. The summed E-state index contributed by atoms with van der Waals surface area (Å²) in [6.07, 6.45) is -4.22. The second kappa shape index (κ2) is 2.52. The maximum Gasteiger partial charge on any atom is 0.417 e. The van der Waals surface area contributed by atoms with E-state index in [4.69, 9.17) is 0 Å². The van der Waals surface area contributed by atoms with Crippen LogP contribution >= 0.6 is 11.3 Å². The summed E-state index contributed by atoms with van der Waals surface area (Å²) in [4.78, 5) is 0.287. The van der Waals surface area contributed by atoms with E-state index in [1.807, 2.05) is 0 Å². The maximum atomic E-state index is 12.1. The van der Waals surface area contributed by atoms with Gasteiger partial charge in [-0.2, -0.15) is 13.2 Å². The van der Waals surface area contributed by atoms with Gasteiger partial charge in [-0.05, 0) is 19.4 Å². The van der Waals surface area contributed by atoms with E-state index >= 15 is 0 Å². The van der Waals surface area contributed by atoms with Crippen LogP contribution in [0.15, 0.2) is 0 Å². The molecule has 4 heteroatoms. The Hall–Kier alpha value is -0.510. The van der Waals surface area contributed by atoms with Gasteiger partial charge in [-0.25, -0.2) is 0 Å². The predicted octanol–water partition coefficient (Wildman–Crippen LogP) is 3.18. The first-order valence-electron chi connectivity index (χ1n) is 2.98. The third-order valence-electron chi connectivity index (χ3n) is 1.37. The lowest BCUT2D eigenvalue weighted by Gasteiger charge is -2.06. The SMILES string of the molecule is Cc1[c]sc(C)c1C(F)(F)F. The van der Waals surface area contributed by atoms with Crippen LogP contribution in [0, 0.1) is 19.2 Å². The summed E-state index contributed by atoms with van der Waals surface area (Å²) in [5.41, 5.74) is -0.331. The smallest absolute Gasteiger partial charge is 0.166 e. The fraction of sp³-hybridized carbons (Fsp3) is 0.429. The molecular weight excluding hydrogens is 173 g/mol. The highest BCUT2D eigenvalue weighted by Gasteiger charge is 2.35. The highest BCUT2D eigenvalue weighted by Crippen LogP contribution is 2.36. The average molecular weight is 179 g/mol. The van der Waals surface area contributed by atoms with Gasteiger partial charge >= 0.3 is 6.18 Å².